The maximum atomic E-state index is 5.86. The Morgan fingerprint density at radius 1 is 1.06 bits per heavy atom. The minimum atomic E-state index is 0.431. The number of aromatic nitrogens is 2. The van der Waals surface area contributed by atoms with E-state index in [9.17, 15) is 0 Å². The smallest absolute Gasteiger partial charge is 0.223 e. The highest BCUT2D eigenvalue weighted by atomic mass is 79.9. The van der Waals surface area contributed by atoms with E-state index in [0.29, 0.717) is 26.3 Å². The van der Waals surface area contributed by atoms with Gasteiger partial charge in [-0.2, -0.15) is 0 Å². The normalized spacial score (nSPS) is 10.2. The van der Waals surface area contributed by atoms with Gasteiger partial charge in [0.1, 0.15) is 16.7 Å². The lowest BCUT2D eigenvalue weighted by molar-refractivity contribution is 0.461. The Balaban J connectivity index is 2.24. The van der Waals surface area contributed by atoms with E-state index in [-0.39, 0.29) is 0 Å². The molecule has 82 valence electrons. The molecule has 0 atom stereocenters. The fourth-order valence-electron chi connectivity index (χ4n) is 1.03. The molecule has 0 saturated carbocycles. The van der Waals surface area contributed by atoms with Crippen LogP contribution in [-0.2, 0) is 0 Å². The monoisotopic (exact) mass is 318 g/mol. The maximum absolute atomic E-state index is 5.86. The molecule has 0 bridgehead atoms. The largest absolute Gasteiger partial charge is 0.439 e. The van der Waals surface area contributed by atoms with Crippen LogP contribution in [0.2, 0.25) is 10.0 Å². The van der Waals surface area contributed by atoms with Gasteiger partial charge < -0.3 is 4.74 Å². The summed E-state index contributed by atoms with van der Waals surface area (Å²) in [7, 11) is 0. The topological polar surface area (TPSA) is 35.0 Å². The van der Waals surface area contributed by atoms with Gasteiger partial charge in [0.05, 0.1) is 10.0 Å². The van der Waals surface area contributed by atoms with Crippen LogP contribution in [0.25, 0.3) is 0 Å². The van der Waals surface area contributed by atoms with Gasteiger partial charge in [0.25, 0.3) is 0 Å². The molecule has 0 amide bonds. The Morgan fingerprint density at radius 2 is 1.88 bits per heavy atom. The molecule has 1 aromatic carbocycles. The SMILES string of the molecule is Clc1ccc(Oc2cc(Br)ncn2)cc1Cl. The molecule has 0 fully saturated rings. The minimum absolute atomic E-state index is 0.431. The predicted molar refractivity (Wildman–Crippen MR) is 66.3 cm³/mol. The van der Waals surface area contributed by atoms with Crippen LogP contribution < -0.4 is 4.74 Å². The molecule has 0 radical (unpaired) electrons. The van der Waals surface area contributed by atoms with Crippen LogP contribution in [0.3, 0.4) is 0 Å². The van der Waals surface area contributed by atoms with Crippen molar-refractivity contribution in [2.45, 2.75) is 0 Å². The standard InChI is InChI=1S/C10H5BrCl2N2O/c11-9-4-10(15-5-14-9)16-6-1-2-7(12)8(13)3-6/h1-5H. The predicted octanol–water partition coefficient (Wildman–Crippen LogP) is 4.34. The van der Waals surface area contributed by atoms with Crippen molar-refractivity contribution in [3.63, 3.8) is 0 Å². The Bertz CT molecular complexity index is 522. The second kappa shape index (κ2) is 4.99. The van der Waals surface area contributed by atoms with Crippen molar-refractivity contribution in [3.8, 4) is 11.6 Å². The van der Waals surface area contributed by atoms with Crippen LogP contribution in [0.4, 0.5) is 0 Å². The molecule has 3 nitrogen and oxygen atoms in total. The second-order valence-corrected chi connectivity index (χ2v) is 4.48. The second-order valence-electron chi connectivity index (χ2n) is 2.86. The molecule has 6 heteroatoms. The Labute approximate surface area is 111 Å². The van der Waals surface area contributed by atoms with Crippen molar-refractivity contribution in [1.82, 2.24) is 9.97 Å². The van der Waals surface area contributed by atoms with Crippen LogP contribution in [0.1, 0.15) is 0 Å². The van der Waals surface area contributed by atoms with Gasteiger partial charge in [-0.05, 0) is 28.1 Å². The third-order valence-electron chi connectivity index (χ3n) is 1.72. The molecule has 1 aromatic heterocycles. The summed E-state index contributed by atoms with van der Waals surface area (Å²) in [4.78, 5) is 7.84. The van der Waals surface area contributed by atoms with E-state index in [0.717, 1.165) is 0 Å². The Kier molecular flexibility index (Phi) is 3.63. The number of ether oxygens (including phenoxy) is 1. The molecule has 0 aliphatic carbocycles. The number of nitrogens with zero attached hydrogens (tertiary/aromatic N) is 2. The quantitative estimate of drug-likeness (QED) is 0.772. The molecule has 1 heterocycles. The molecule has 2 rings (SSSR count). The van der Waals surface area contributed by atoms with Crippen molar-refractivity contribution in [2.24, 2.45) is 0 Å². The Morgan fingerprint density at radius 3 is 2.56 bits per heavy atom. The summed E-state index contributed by atoms with van der Waals surface area (Å²) < 4.78 is 6.12. The molecule has 0 spiro atoms. The van der Waals surface area contributed by atoms with Crippen LogP contribution >= 0.6 is 39.1 Å². The molecule has 0 aliphatic heterocycles. The maximum Gasteiger partial charge on any atom is 0.223 e. The summed E-state index contributed by atoms with van der Waals surface area (Å²) in [6.45, 7) is 0. The number of hydrogen-bond donors (Lipinski definition) is 0. The highest BCUT2D eigenvalue weighted by Crippen LogP contribution is 2.28. The number of hydrogen-bond acceptors (Lipinski definition) is 3. The lowest BCUT2D eigenvalue weighted by atomic mass is 10.3. The molecule has 0 N–H and O–H groups in total. The van der Waals surface area contributed by atoms with Gasteiger partial charge in [-0.25, -0.2) is 9.97 Å². The summed E-state index contributed by atoms with van der Waals surface area (Å²) >= 11 is 14.9. The molecule has 16 heavy (non-hydrogen) atoms. The van der Waals surface area contributed by atoms with E-state index in [4.69, 9.17) is 27.9 Å². The third kappa shape index (κ3) is 2.84. The van der Waals surface area contributed by atoms with Gasteiger partial charge in [0.15, 0.2) is 0 Å². The van der Waals surface area contributed by atoms with E-state index in [1.165, 1.54) is 6.33 Å². The summed E-state index contributed by atoms with van der Waals surface area (Å²) in [5, 5.41) is 0.921. The first-order valence-corrected chi connectivity index (χ1v) is 5.80. The van der Waals surface area contributed by atoms with Gasteiger partial charge in [0, 0.05) is 12.1 Å². The zero-order valence-electron chi connectivity index (χ0n) is 7.82. The minimum Gasteiger partial charge on any atom is -0.439 e. The Hall–Kier alpha value is -0.840. The van der Waals surface area contributed by atoms with E-state index in [1.54, 1.807) is 24.3 Å². The first-order chi connectivity index (χ1) is 7.65. The van der Waals surface area contributed by atoms with Crippen molar-refractivity contribution >= 4 is 39.1 Å². The highest BCUT2D eigenvalue weighted by Gasteiger charge is 2.03. The number of rotatable bonds is 2. The van der Waals surface area contributed by atoms with Crippen molar-refractivity contribution in [3.05, 3.63) is 45.2 Å². The number of halogens is 3. The fraction of sp³-hybridized carbons (Fsp3) is 0. The van der Waals surface area contributed by atoms with Crippen LogP contribution in [0, 0.1) is 0 Å². The van der Waals surface area contributed by atoms with E-state index >= 15 is 0 Å². The molecule has 0 unspecified atom stereocenters. The molecule has 2 aromatic rings. The summed E-state index contributed by atoms with van der Waals surface area (Å²) in [6, 6.07) is 6.65. The molecule has 0 aliphatic rings. The van der Waals surface area contributed by atoms with Gasteiger partial charge in [-0.15, -0.1) is 0 Å². The van der Waals surface area contributed by atoms with Crippen LogP contribution in [0.5, 0.6) is 11.6 Å². The van der Waals surface area contributed by atoms with Crippen molar-refractivity contribution in [1.29, 1.82) is 0 Å². The number of benzene rings is 1. The van der Waals surface area contributed by atoms with Gasteiger partial charge in [0.2, 0.25) is 5.88 Å². The third-order valence-corrected chi connectivity index (χ3v) is 2.89. The zero-order chi connectivity index (χ0) is 11.5. The molecular formula is C10H5BrCl2N2O. The van der Waals surface area contributed by atoms with Crippen LogP contribution in [-0.4, -0.2) is 9.97 Å². The van der Waals surface area contributed by atoms with Crippen LogP contribution in [0.15, 0.2) is 35.2 Å². The zero-order valence-corrected chi connectivity index (χ0v) is 10.9. The van der Waals surface area contributed by atoms with Crippen molar-refractivity contribution in [2.75, 3.05) is 0 Å². The average molecular weight is 320 g/mol. The van der Waals surface area contributed by atoms with E-state index in [2.05, 4.69) is 25.9 Å². The van der Waals surface area contributed by atoms with Crippen molar-refractivity contribution < 1.29 is 4.74 Å². The first-order valence-electron chi connectivity index (χ1n) is 4.25. The molecular weight excluding hydrogens is 315 g/mol. The lowest BCUT2D eigenvalue weighted by Crippen LogP contribution is -1.89. The molecule has 0 saturated heterocycles. The summed E-state index contributed by atoms with van der Waals surface area (Å²) in [6.07, 6.45) is 1.40. The summed E-state index contributed by atoms with van der Waals surface area (Å²) in [5.74, 6) is 1.00. The lowest BCUT2D eigenvalue weighted by Gasteiger charge is -2.05. The average Bonchev–Trinajstić information content (AvgIpc) is 2.24. The van der Waals surface area contributed by atoms with E-state index < -0.39 is 0 Å². The van der Waals surface area contributed by atoms with Gasteiger partial charge >= 0.3 is 0 Å². The highest BCUT2D eigenvalue weighted by molar-refractivity contribution is 9.10. The van der Waals surface area contributed by atoms with Gasteiger partial charge in [-0.1, -0.05) is 23.2 Å². The van der Waals surface area contributed by atoms with E-state index in [1.807, 2.05) is 0 Å². The first kappa shape index (κ1) is 11.6. The fourth-order valence-corrected chi connectivity index (χ4v) is 1.61. The van der Waals surface area contributed by atoms with Gasteiger partial charge in [-0.3, -0.25) is 0 Å². The summed E-state index contributed by atoms with van der Waals surface area (Å²) in [5.41, 5.74) is 0.